The molecule has 0 rings (SSSR count). The Morgan fingerprint density at radius 1 is 1.43 bits per heavy atom. The molecule has 3 nitrogen and oxygen atoms in total. The van der Waals surface area contributed by atoms with Gasteiger partial charge in [0.15, 0.2) is 0 Å². The van der Waals surface area contributed by atoms with Gasteiger partial charge in [-0.15, -0.1) is 0 Å². The van der Waals surface area contributed by atoms with E-state index < -0.39 is 12.7 Å². The predicted octanol–water partition coefficient (Wildman–Crippen LogP) is 1.59. The first kappa shape index (κ1) is 13.2. The summed E-state index contributed by atoms with van der Waals surface area (Å²) in [6.45, 7) is 1.48. The van der Waals surface area contributed by atoms with Crippen LogP contribution in [-0.4, -0.2) is 36.5 Å². The highest BCUT2D eigenvalue weighted by Gasteiger charge is 2.29. The number of nitrogens with two attached hydrogens (primary N) is 1. The van der Waals surface area contributed by atoms with Gasteiger partial charge in [-0.05, 0) is 19.5 Å². The summed E-state index contributed by atoms with van der Waals surface area (Å²) in [4.78, 5) is 1.29. The first-order valence-corrected chi connectivity index (χ1v) is 4.47. The second-order valence-corrected chi connectivity index (χ2v) is 3.11. The van der Waals surface area contributed by atoms with Gasteiger partial charge in [-0.2, -0.15) is 13.2 Å². The Bertz CT molecular complexity index is 179. The summed E-state index contributed by atoms with van der Waals surface area (Å²) >= 11 is 0. The molecule has 0 radical (unpaired) electrons. The summed E-state index contributed by atoms with van der Waals surface area (Å²) in [6, 6.07) is 0. The number of nitrogens with one attached hydrogen (secondary N) is 1. The highest BCUT2D eigenvalue weighted by atomic mass is 19.4. The average Bonchev–Trinajstić information content (AvgIpc) is 1.99. The van der Waals surface area contributed by atoms with Crippen molar-refractivity contribution >= 4 is 5.84 Å². The maximum absolute atomic E-state index is 12.0. The van der Waals surface area contributed by atoms with E-state index in [4.69, 9.17) is 11.1 Å². The van der Waals surface area contributed by atoms with Crippen LogP contribution in [0.5, 0.6) is 0 Å². The van der Waals surface area contributed by atoms with Crippen molar-refractivity contribution in [3.63, 3.8) is 0 Å². The normalized spacial score (nSPS) is 12.1. The van der Waals surface area contributed by atoms with E-state index in [1.54, 1.807) is 6.92 Å². The lowest BCUT2D eigenvalue weighted by Crippen LogP contribution is -2.35. The molecule has 0 saturated carbocycles. The van der Waals surface area contributed by atoms with Gasteiger partial charge < -0.3 is 5.73 Å². The molecule has 0 aromatic carbocycles. The molecule has 14 heavy (non-hydrogen) atoms. The maximum Gasteiger partial charge on any atom is 0.401 e. The Hall–Kier alpha value is -0.780. The molecule has 0 aliphatic rings. The van der Waals surface area contributed by atoms with Crippen LogP contribution in [0.1, 0.15) is 19.8 Å². The molecule has 0 bridgehead atoms. The quantitative estimate of drug-likeness (QED) is 0.517. The van der Waals surface area contributed by atoms with Crippen LogP contribution < -0.4 is 5.73 Å². The van der Waals surface area contributed by atoms with E-state index in [-0.39, 0.29) is 5.84 Å². The minimum Gasteiger partial charge on any atom is -0.388 e. The summed E-state index contributed by atoms with van der Waals surface area (Å²) in [5.74, 6) is 0.0214. The molecule has 3 N–H and O–H groups in total. The molecule has 0 heterocycles. The van der Waals surface area contributed by atoms with Crippen molar-refractivity contribution in [1.82, 2.24) is 4.90 Å². The largest absolute Gasteiger partial charge is 0.401 e. The average molecular weight is 211 g/mol. The lowest BCUT2D eigenvalue weighted by atomic mass is 10.2. The highest BCUT2D eigenvalue weighted by molar-refractivity contribution is 5.76. The van der Waals surface area contributed by atoms with Gasteiger partial charge in [0.25, 0.3) is 0 Å². The smallest absolute Gasteiger partial charge is 0.388 e. The maximum atomic E-state index is 12.0. The van der Waals surface area contributed by atoms with Crippen molar-refractivity contribution in [3.05, 3.63) is 0 Å². The Morgan fingerprint density at radius 2 is 2.00 bits per heavy atom. The molecule has 0 aliphatic carbocycles. The second-order valence-electron chi connectivity index (χ2n) is 3.11. The fourth-order valence-electron chi connectivity index (χ4n) is 1.10. The fourth-order valence-corrected chi connectivity index (χ4v) is 1.10. The molecular weight excluding hydrogens is 195 g/mol. The zero-order chi connectivity index (χ0) is 11.2. The van der Waals surface area contributed by atoms with Crippen molar-refractivity contribution in [2.24, 2.45) is 5.73 Å². The molecule has 84 valence electrons. The fraction of sp³-hybridized carbons (Fsp3) is 0.875. The second kappa shape index (κ2) is 5.85. The molecule has 0 atom stereocenters. The van der Waals surface area contributed by atoms with Gasteiger partial charge in [-0.1, -0.05) is 6.92 Å². The van der Waals surface area contributed by atoms with Crippen LogP contribution in [0.4, 0.5) is 13.2 Å². The molecule has 0 aromatic rings. The molecular formula is C8H16F3N3. The van der Waals surface area contributed by atoms with Gasteiger partial charge in [0, 0.05) is 6.42 Å². The van der Waals surface area contributed by atoms with Crippen LogP contribution in [0.3, 0.4) is 0 Å². The van der Waals surface area contributed by atoms with Gasteiger partial charge in [-0.3, -0.25) is 10.3 Å². The summed E-state index contributed by atoms with van der Waals surface area (Å²) < 4.78 is 35.9. The lowest BCUT2D eigenvalue weighted by Gasteiger charge is -2.21. The van der Waals surface area contributed by atoms with Crippen LogP contribution in [0.15, 0.2) is 0 Å². The first-order valence-electron chi connectivity index (χ1n) is 4.47. The third kappa shape index (κ3) is 7.85. The molecule has 0 amide bonds. The number of alkyl halides is 3. The molecule has 0 saturated heterocycles. The third-order valence-electron chi connectivity index (χ3n) is 1.77. The number of rotatable bonds is 6. The van der Waals surface area contributed by atoms with Crippen molar-refractivity contribution in [3.8, 4) is 0 Å². The zero-order valence-electron chi connectivity index (χ0n) is 8.19. The Labute approximate surface area is 81.6 Å². The molecule has 6 heteroatoms. The number of hydrogen-bond acceptors (Lipinski definition) is 2. The van der Waals surface area contributed by atoms with Crippen LogP contribution in [-0.2, 0) is 0 Å². The molecule has 0 aliphatic heterocycles. The van der Waals surface area contributed by atoms with E-state index in [9.17, 15) is 13.2 Å². The van der Waals surface area contributed by atoms with Crippen molar-refractivity contribution < 1.29 is 13.2 Å². The topological polar surface area (TPSA) is 53.1 Å². The lowest BCUT2D eigenvalue weighted by molar-refractivity contribution is -0.145. The number of amidine groups is 1. The summed E-state index contributed by atoms with van der Waals surface area (Å²) in [7, 11) is 0. The standard InChI is InChI=1S/C8H16F3N3/c1-2-14(6-8(9,10)11)5-3-4-7(12)13/h2-6H2,1H3,(H3,12,13). The van der Waals surface area contributed by atoms with Crippen molar-refractivity contribution in [2.45, 2.75) is 25.9 Å². The minimum absolute atomic E-state index is 0.0214. The third-order valence-corrected chi connectivity index (χ3v) is 1.77. The van der Waals surface area contributed by atoms with Crippen LogP contribution in [0.25, 0.3) is 0 Å². The molecule has 0 spiro atoms. The van der Waals surface area contributed by atoms with Crippen molar-refractivity contribution in [2.75, 3.05) is 19.6 Å². The molecule has 0 aromatic heterocycles. The van der Waals surface area contributed by atoms with Crippen molar-refractivity contribution in [1.29, 1.82) is 5.41 Å². The monoisotopic (exact) mass is 211 g/mol. The predicted molar refractivity (Wildman–Crippen MR) is 49.3 cm³/mol. The van der Waals surface area contributed by atoms with Gasteiger partial charge in [0.2, 0.25) is 0 Å². The molecule has 0 unspecified atom stereocenters. The summed E-state index contributed by atoms with van der Waals surface area (Å²) in [5.41, 5.74) is 5.09. The minimum atomic E-state index is -4.15. The van der Waals surface area contributed by atoms with Gasteiger partial charge in [0.1, 0.15) is 0 Å². The Balaban J connectivity index is 3.74. The van der Waals surface area contributed by atoms with Crippen LogP contribution in [0, 0.1) is 5.41 Å². The Morgan fingerprint density at radius 3 is 2.36 bits per heavy atom. The van der Waals surface area contributed by atoms with Crippen LogP contribution >= 0.6 is 0 Å². The van der Waals surface area contributed by atoms with E-state index >= 15 is 0 Å². The first-order chi connectivity index (χ1) is 6.35. The highest BCUT2D eigenvalue weighted by Crippen LogP contribution is 2.16. The SMILES string of the molecule is CCN(CCCC(=N)N)CC(F)(F)F. The van der Waals surface area contributed by atoms with E-state index in [0.717, 1.165) is 0 Å². The van der Waals surface area contributed by atoms with E-state index in [1.807, 2.05) is 0 Å². The zero-order valence-corrected chi connectivity index (χ0v) is 8.19. The number of hydrogen-bond donors (Lipinski definition) is 2. The summed E-state index contributed by atoms with van der Waals surface area (Å²) in [5, 5.41) is 6.91. The van der Waals surface area contributed by atoms with Gasteiger partial charge >= 0.3 is 6.18 Å². The van der Waals surface area contributed by atoms with Gasteiger partial charge in [0.05, 0.1) is 12.4 Å². The van der Waals surface area contributed by atoms with Crippen LogP contribution in [0.2, 0.25) is 0 Å². The van der Waals surface area contributed by atoms with E-state index in [1.165, 1.54) is 4.90 Å². The van der Waals surface area contributed by atoms with E-state index in [0.29, 0.717) is 25.9 Å². The number of nitrogens with zero attached hydrogens (tertiary/aromatic N) is 1. The number of halogens is 3. The van der Waals surface area contributed by atoms with Gasteiger partial charge in [-0.25, -0.2) is 0 Å². The van der Waals surface area contributed by atoms with E-state index in [2.05, 4.69) is 0 Å². The Kier molecular flexibility index (Phi) is 5.52. The molecule has 0 fully saturated rings. The summed E-state index contributed by atoms with van der Waals surface area (Å²) in [6.07, 6.45) is -3.29.